The zero-order valence-corrected chi connectivity index (χ0v) is 12.4. The highest BCUT2D eigenvalue weighted by Crippen LogP contribution is 2.21. The number of carbonyl (C=O) groups is 1. The Morgan fingerprint density at radius 3 is 2.40 bits per heavy atom. The first-order chi connectivity index (χ1) is 9.00. The van der Waals surface area contributed by atoms with Crippen LogP contribution in [0.15, 0.2) is 18.2 Å². The minimum atomic E-state index is -3.66. The van der Waals surface area contributed by atoms with Crippen LogP contribution in [0.2, 0.25) is 0 Å². The average molecular weight is 303 g/mol. The smallest absolute Gasteiger partial charge is 0.335 e. The fraction of sp³-hybridized carbons (Fsp3) is 0.462. The minimum absolute atomic E-state index is 0.128. The summed E-state index contributed by atoms with van der Waals surface area (Å²) < 4.78 is 39.4. The van der Waals surface area contributed by atoms with E-state index in [0.29, 0.717) is 6.42 Å². The van der Waals surface area contributed by atoms with E-state index in [1.165, 1.54) is 0 Å². The fourth-order valence-corrected chi connectivity index (χ4v) is 2.87. The second kappa shape index (κ2) is 5.78. The molecule has 0 fully saturated rings. The first-order valence-corrected chi connectivity index (χ1v) is 7.69. The Bertz CT molecular complexity index is 605. The number of nitrogens with one attached hydrogen (secondary N) is 1. The van der Waals surface area contributed by atoms with Gasteiger partial charge in [0.05, 0.1) is 17.0 Å². The Balaban J connectivity index is 2.85. The number of sulfonamides is 1. The van der Waals surface area contributed by atoms with Crippen molar-refractivity contribution in [3.05, 3.63) is 29.6 Å². The van der Waals surface area contributed by atoms with Crippen molar-refractivity contribution in [1.82, 2.24) is 0 Å². The van der Waals surface area contributed by atoms with Crippen LogP contribution in [-0.4, -0.2) is 25.2 Å². The molecular formula is C13H18FNO4S. The van der Waals surface area contributed by atoms with Gasteiger partial charge >= 0.3 is 5.97 Å². The van der Waals surface area contributed by atoms with Gasteiger partial charge in [0, 0.05) is 0 Å². The molecule has 0 bridgehead atoms. The molecule has 1 aromatic carbocycles. The van der Waals surface area contributed by atoms with Gasteiger partial charge in [-0.1, -0.05) is 20.8 Å². The highest BCUT2D eigenvalue weighted by atomic mass is 32.2. The Morgan fingerprint density at radius 1 is 1.35 bits per heavy atom. The molecule has 0 radical (unpaired) electrons. The van der Waals surface area contributed by atoms with Crippen LogP contribution in [0.3, 0.4) is 0 Å². The summed E-state index contributed by atoms with van der Waals surface area (Å²) in [6.07, 6.45) is 0.428. The number of hydrogen-bond acceptors (Lipinski definition) is 3. The summed E-state index contributed by atoms with van der Waals surface area (Å²) in [6, 6.07) is 3.03. The topological polar surface area (TPSA) is 83.5 Å². The predicted octanol–water partition coefficient (Wildman–Crippen LogP) is 2.70. The number of halogens is 1. The molecule has 0 saturated carbocycles. The molecule has 0 unspecified atom stereocenters. The van der Waals surface area contributed by atoms with Crippen molar-refractivity contribution in [2.45, 2.75) is 27.2 Å². The van der Waals surface area contributed by atoms with E-state index < -0.39 is 21.8 Å². The van der Waals surface area contributed by atoms with Crippen molar-refractivity contribution >= 4 is 21.7 Å². The van der Waals surface area contributed by atoms with E-state index in [1.807, 2.05) is 20.8 Å². The molecule has 2 N–H and O–H groups in total. The third-order valence-corrected chi connectivity index (χ3v) is 3.87. The lowest BCUT2D eigenvalue weighted by atomic mass is 9.94. The van der Waals surface area contributed by atoms with Crippen molar-refractivity contribution in [3.63, 3.8) is 0 Å². The maximum Gasteiger partial charge on any atom is 0.335 e. The molecule has 7 heteroatoms. The van der Waals surface area contributed by atoms with Crippen LogP contribution in [0.4, 0.5) is 10.1 Å². The number of aromatic carboxylic acids is 1. The van der Waals surface area contributed by atoms with Crippen LogP contribution in [0.1, 0.15) is 37.6 Å². The van der Waals surface area contributed by atoms with Crippen LogP contribution in [-0.2, 0) is 10.0 Å². The SMILES string of the molecule is CC(C)(C)CCS(=O)(=O)Nc1ccc(C(=O)O)cc1F. The molecular weight excluding hydrogens is 285 g/mol. The average Bonchev–Trinajstić information content (AvgIpc) is 2.28. The third kappa shape index (κ3) is 5.16. The van der Waals surface area contributed by atoms with Gasteiger partial charge in [0.15, 0.2) is 0 Å². The zero-order chi connectivity index (χ0) is 15.6. The molecule has 1 rings (SSSR count). The van der Waals surface area contributed by atoms with Gasteiger partial charge in [-0.3, -0.25) is 4.72 Å². The summed E-state index contributed by atoms with van der Waals surface area (Å²) >= 11 is 0. The highest BCUT2D eigenvalue weighted by molar-refractivity contribution is 7.92. The molecule has 0 aromatic heterocycles. The number of carboxylic acid groups (broad SMARTS) is 1. The summed E-state index contributed by atoms with van der Waals surface area (Å²) in [4.78, 5) is 10.7. The van der Waals surface area contributed by atoms with Crippen molar-refractivity contribution in [2.75, 3.05) is 10.5 Å². The molecule has 0 spiro atoms. The van der Waals surface area contributed by atoms with Crippen molar-refractivity contribution in [1.29, 1.82) is 0 Å². The van der Waals surface area contributed by atoms with Crippen LogP contribution in [0, 0.1) is 11.2 Å². The second-order valence-corrected chi connectivity index (χ2v) is 7.57. The molecule has 0 aliphatic carbocycles. The molecule has 0 atom stereocenters. The highest BCUT2D eigenvalue weighted by Gasteiger charge is 2.19. The van der Waals surface area contributed by atoms with E-state index in [0.717, 1.165) is 18.2 Å². The summed E-state index contributed by atoms with van der Waals surface area (Å²) in [7, 11) is -3.66. The van der Waals surface area contributed by atoms with E-state index in [4.69, 9.17) is 5.11 Å². The molecule has 5 nitrogen and oxygen atoms in total. The molecule has 20 heavy (non-hydrogen) atoms. The fourth-order valence-electron chi connectivity index (χ4n) is 1.39. The van der Waals surface area contributed by atoms with Crippen molar-refractivity contribution in [3.8, 4) is 0 Å². The lowest BCUT2D eigenvalue weighted by molar-refractivity contribution is 0.0696. The van der Waals surface area contributed by atoms with Gasteiger partial charge in [-0.2, -0.15) is 0 Å². The van der Waals surface area contributed by atoms with Gasteiger partial charge in [-0.05, 0) is 30.0 Å². The molecule has 0 amide bonds. The molecule has 1 aromatic rings. The lowest BCUT2D eigenvalue weighted by Gasteiger charge is -2.18. The lowest BCUT2D eigenvalue weighted by Crippen LogP contribution is -2.21. The van der Waals surface area contributed by atoms with E-state index in [-0.39, 0.29) is 22.4 Å². The van der Waals surface area contributed by atoms with E-state index >= 15 is 0 Å². The zero-order valence-electron chi connectivity index (χ0n) is 11.6. The van der Waals surface area contributed by atoms with Crippen LogP contribution in [0.25, 0.3) is 0 Å². The van der Waals surface area contributed by atoms with Gasteiger partial charge in [0.25, 0.3) is 0 Å². The quantitative estimate of drug-likeness (QED) is 0.876. The van der Waals surface area contributed by atoms with Gasteiger partial charge in [0.2, 0.25) is 10.0 Å². The van der Waals surface area contributed by atoms with Gasteiger partial charge in [-0.25, -0.2) is 17.6 Å². The molecule has 112 valence electrons. The predicted molar refractivity (Wildman–Crippen MR) is 74.8 cm³/mol. The summed E-state index contributed by atoms with van der Waals surface area (Å²) in [6.45, 7) is 5.72. The number of rotatable bonds is 5. The standard InChI is InChI=1S/C13H18FNO4S/c1-13(2,3)6-7-20(18,19)15-11-5-4-9(12(16)17)8-10(11)14/h4-5,8,15H,6-7H2,1-3H3,(H,16,17). The van der Waals surface area contributed by atoms with E-state index in [9.17, 15) is 17.6 Å². The molecule has 0 aliphatic heterocycles. The van der Waals surface area contributed by atoms with Crippen molar-refractivity contribution in [2.24, 2.45) is 5.41 Å². The number of anilines is 1. The monoisotopic (exact) mass is 303 g/mol. The van der Waals surface area contributed by atoms with E-state index in [1.54, 1.807) is 0 Å². The Labute approximate surface area is 117 Å². The number of benzene rings is 1. The molecule has 0 aliphatic rings. The Hall–Kier alpha value is -1.63. The van der Waals surface area contributed by atoms with Crippen molar-refractivity contribution < 1.29 is 22.7 Å². The normalized spacial score (nSPS) is 12.2. The molecule has 0 saturated heterocycles. The summed E-state index contributed by atoms with van der Waals surface area (Å²) in [5.41, 5.74) is -0.635. The largest absolute Gasteiger partial charge is 0.478 e. The van der Waals surface area contributed by atoms with Gasteiger partial charge in [0.1, 0.15) is 5.82 Å². The van der Waals surface area contributed by atoms with Crippen LogP contribution < -0.4 is 4.72 Å². The van der Waals surface area contributed by atoms with E-state index in [2.05, 4.69) is 4.72 Å². The van der Waals surface area contributed by atoms with Crippen LogP contribution in [0.5, 0.6) is 0 Å². The third-order valence-electron chi connectivity index (χ3n) is 2.60. The van der Waals surface area contributed by atoms with Gasteiger partial charge < -0.3 is 5.11 Å². The first-order valence-electron chi connectivity index (χ1n) is 6.03. The van der Waals surface area contributed by atoms with Gasteiger partial charge in [-0.15, -0.1) is 0 Å². The minimum Gasteiger partial charge on any atom is -0.478 e. The summed E-state index contributed by atoms with van der Waals surface area (Å²) in [5.74, 6) is -2.31. The summed E-state index contributed by atoms with van der Waals surface area (Å²) in [5, 5.41) is 8.70. The maximum atomic E-state index is 13.6. The number of hydrogen-bond donors (Lipinski definition) is 2. The first kappa shape index (κ1) is 16.4. The Kier molecular flexibility index (Phi) is 4.75. The second-order valence-electron chi connectivity index (χ2n) is 5.73. The molecule has 0 heterocycles. The Morgan fingerprint density at radius 2 is 1.95 bits per heavy atom. The number of carboxylic acids is 1. The maximum absolute atomic E-state index is 13.6. The van der Waals surface area contributed by atoms with Crippen LogP contribution >= 0.6 is 0 Å².